The van der Waals surface area contributed by atoms with Crippen molar-refractivity contribution in [2.24, 2.45) is 40.4 Å². The minimum Gasteiger partial charge on any atom is -0.300 e. The average molecular weight is 316 g/mol. The Morgan fingerprint density at radius 3 is 2.43 bits per heavy atom. The second kappa shape index (κ2) is 5.17. The average Bonchev–Trinajstić information content (AvgIpc) is 2.85. The third-order valence-electron chi connectivity index (χ3n) is 8.88. The molecule has 0 aromatic heterocycles. The van der Waals surface area contributed by atoms with E-state index in [1.165, 1.54) is 38.5 Å². The maximum Gasteiger partial charge on any atom is 0.136 e. The molecular weight excluding hydrogens is 284 g/mol. The Morgan fingerprint density at radius 2 is 1.70 bits per heavy atom. The molecule has 4 aliphatic rings. The number of hydrogen-bond donors (Lipinski definition) is 0. The summed E-state index contributed by atoms with van der Waals surface area (Å²) in [6.07, 6.45) is 10.6. The first-order valence-corrected chi connectivity index (χ1v) is 9.91. The van der Waals surface area contributed by atoms with E-state index in [-0.39, 0.29) is 17.3 Å². The van der Waals surface area contributed by atoms with E-state index in [9.17, 15) is 9.59 Å². The maximum atomic E-state index is 13.1. The summed E-state index contributed by atoms with van der Waals surface area (Å²) in [7, 11) is 0. The van der Waals surface area contributed by atoms with Gasteiger partial charge in [-0.15, -0.1) is 0 Å². The lowest BCUT2D eigenvalue weighted by Gasteiger charge is -2.59. The molecule has 7 atom stereocenters. The van der Waals surface area contributed by atoms with Gasteiger partial charge in [0.25, 0.3) is 0 Å². The number of rotatable bonds is 1. The summed E-state index contributed by atoms with van der Waals surface area (Å²) in [5, 5.41) is 0. The molecule has 0 aliphatic heterocycles. The van der Waals surface area contributed by atoms with Crippen LogP contribution in [0.1, 0.15) is 78.6 Å². The van der Waals surface area contributed by atoms with Crippen LogP contribution in [-0.4, -0.2) is 11.6 Å². The standard InChI is InChI=1S/C21H32O2/c1-13(22)15-7-8-16-19-17(9-11-21(15,16)3)20(2)10-5-4-6-14(20)12-18(19)23/h14-17,19H,4-12H2,1-3H3/t14-,15+,16-,17-,19+,20+,21-/m1/s1. The lowest BCUT2D eigenvalue weighted by molar-refractivity contribution is -0.157. The van der Waals surface area contributed by atoms with Gasteiger partial charge in [0, 0.05) is 18.3 Å². The molecular formula is C21H32O2. The summed E-state index contributed by atoms with van der Waals surface area (Å²) in [6, 6.07) is 0. The molecule has 4 aliphatic carbocycles. The molecule has 0 saturated heterocycles. The summed E-state index contributed by atoms with van der Waals surface area (Å²) in [5.74, 6) is 3.09. The highest BCUT2D eigenvalue weighted by atomic mass is 16.1. The molecule has 128 valence electrons. The summed E-state index contributed by atoms with van der Waals surface area (Å²) in [4.78, 5) is 25.3. The quantitative estimate of drug-likeness (QED) is 0.696. The van der Waals surface area contributed by atoms with Crippen molar-refractivity contribution < 1.29 is 9.59 Å². The Bertz CT molecular complexity index is 538. The molecule has 0 N–H and O–H groups in total. The number of fused-ring (bicyclic) bond motifs is 5. The minimum absolute atomic E-state index is 0.0977. The van der Waals surface area contributed by atoms with Gasteiger partial charge in [-0.3, -0.25) is 9.59 Å². The van der Waals surface area contributed by atoms with Crippen LogP contribution in [0.25, 0.3) is 0 Å². The molecule has 2 heteroatoms. The van der Waals surface area contributed by atoms with Gasteiger partial charge in [0.1, 0.15) is 11.6 Å². The Kier molecular flexibility index (Phi) is 3.56. The summed E-state index contributed by atoms with van der Waals surface area (Å²) >= 11 is 0. The predicted molar refractivity (Wildman–Crippen MR) is 90.9 cm³/mol. The SMILES string of the molecule is CC(=O)[C@@H]1CC[C@@H]2[C@@H]3C(=O)C[C@H]4CCCC[C@]4(C)[C@@H]3CC[C@@]21C. The van der Waals surface area contributed by atoms with Crippen LogP contribution >= 0.6 is 0 Å². The molecule has 4 rings (SSSR count). The van der Waals surface area contributed by atoms with Crippen molar-refractivity contribution in [3.8, 4) is 0 Å². The fourth-order valence-electron chi connectivity index (χ4n) is 7.63. The van der Waals surface area contributed by atoms with Crippen molar-refractivity contribution in [3.63, 3.8) is 0 Å². The molecule has 0 aromatic carbocycles. The molecule has 0 aromatic rings. The van der Waals surface area contributed by atoms with E-state index in [0.717, 1.165) is 19.3 Å². The van der Waals surface area contributed by atoms with Crippen LogP contribution in [0.15, 0.2) is 0 Å². The van der Waals surface area contributed by atoms with Gasteiger partial charge in [-0.05, 0) is 74.0 Å². The second-order valence-corrected chi connectivity index (χ2v) is 9.64. The molecule has 0 amide bonds. The fraction of sp³-hybridized carbons (Fsp3) is 0.905. The van der Waals surface area contributed by atoms with E-state index in [4.69, 9.17) is 0 Å². The molecule has 2 nitrogen and oxygen atoms in total. The highest BCUT2D eigenvalue weighted by molar-refractivity contribution is 5.84. The Morgan fingerprint density at radius 1 is 0.957 bits per heavy atom. The minimum atomic E-state index is 0.0977. The zero-order valence-electron chi connectivity index (χ0n) is 15.1. The Labute approximate surface area is 140 Å². The predicted octanol–water partition coefficient (Wildman–Crippen LogP) is 4.80. The van der Waals surface area contributed by atoms with Crippen LogP contribution in [0.2, 0.25) is 0 Å². The van der Waals surface area contributed by atoms with Crippen LogP contribution in [0, 0.1) is 40.4 Å². The van der Waals surface area contributed by atoms with E-state index in [1.54, 1.807) is 6.92 Å². The smallest absolute Gasteiger partial charge is 0.136 e. The molecule has 23 heavy (non-hydrogen) atoms. The molecule has 0 heterocycles. The number of carbonyl (C=O) groups excluding carboxylic acids is 2. The van der Waals surface area contributed by atoms with Gasteiger partial charge in [0.2, 0.25) is 0 Å². The second-order valence-electron chi connectivity index (χ2n) is 9.64. The van der Waals surface area contributed by atoms with Gasteiger partial charge in [-0.25, -0.2) is 0 Å². The van der Waals surface area contributed by atoms with Crippen molar-refractivity contribution >= 4 is 11.6 Å². The molecule has 4 saturated carbocycles. The first-order chi connectivity index (χ1) is 10.9. The fourth-order valence-corrected chi connectivity index (χ4v) is 7.63. The van der Waals surface area contributed by atoms with Crippen LogP contribution in [-0.2, 0) is 9.59 Å². The van der Waals surface area contributed by atoms with Gasteiger partial charge in [-0.1, -0.05) is 26.7 Å². The Balaban J connectivity index is 1.69. The van der Waals surface area contributed by atoms with Crippen LogP contribution < -0.4 is 0 Å². The monoisotopic (exact) mass is 316 g/mol. The molecule has 0 bridgehead atoms. The summed E-state index contributed by atoms with van der Waals surface area (Å²) < 4.78 is 0. The maximum absolute atomic E-state index is 13.1. The number of carbonyl (C=O) groups is 2. The van der Waals surface area contributed by atoms with Crippen LogP contribution in [0.4, 0.5) is 0 Å². The van der Waals surface area contributed by atoms with Crippen LogP contribution in [0.3, 0.4) is 0 Å². The van der Waals surface area contributed by atoms with Gasteiger partial charge in [-0.2, -0.15) is 0 Å². The first kappa shape index (κ1) is 15.8. The third kappa shape index (κ3) is 2.05. The summed E-state index contributed by atoms with van der Waals surface area (Å²) in [6.45, 7) is 6.60. The van der Waals surface area contributed by atoms with Crippen molar-refractivity contribution in [2.75, 3.05) is 0 Å². The van der Waals surface area contributed by atoms with E-state index < -0.39 is 0 Å². The van der Waals surface area contributed by atoms with Crippen molar-refractivity contribution in [1.82, 2.24) is 0 Å². The molecule has 0 spiro atoms. The molecule has 4 fully saturated rings. The van der Waals surface area contributed by atoms with Crippen molar-refractivity contribution in [3.05, 3.63) is 0 Å². The highest BCUT2D eigenvalue weighted by Crippen LogP contribution is 2.66. The van der Waals surface area contributed by atoms with E-state index in [1.807, 2.05) is 0 Å². The lowest BCUT2D eigenvalue weighted by Crippen LogP contribution is -2.56. The zero-order valence-corrected chi connectivity index (χ0v) is 15.1. The lowest BCUT2D eigenvalue weighted by atomic mass is 9.44. The van der Waals surface area contributed by atoms with Crippen LogP contribution in [0.5, 0.6) is 0 Å². The topological polar surface area (TPSA) is 34.1 Å². The van der Waals surface area contributed by atoms with Gasteiger partial charge < -0.3 is 0 Å². The highest BCUT2D eigenvalue weighted by Gasteiger charge is 2.62. The Hall–Kier alpha value is -0.660. The third-order valence-corrected chi connectivity index (χ3v) is 8.88. The van der Waals surface area contributed by atoms with E-state index in [2.05, 4.69) is 13.8 Å². The normalized spacial score (nSPS) is 52.5. The van der Waals surface area contributed by atoms with E-state index in [0.29, 0.717) is 34.7 Å². The van der Waals surface area contributed by atoms with Gasteiger partial charge in [0.15, 0.2) is 0 Å². The van der Waals surface area contributed by atoms with Crippen molar-refractivity contribution in [2.45, 2.75) is 78.6 Å². The van der Waals surface area contributed by atoms with Gasteiger partial charge in [0.05, 0.1) is 0 Å². The van der Waals surface area contributed by atoms with Crippen molar-refractivity contribution in [1.29, 1.82) is 0 Å². The number of hydrogen-bond acceptors (Lipinski definition) is 2. The number of ketones is 2. The zero-order chi connectivity index (χ0) is 16.4. The largest absolute Gasteiger partial charge is 0.300 e. The van der Waals surface area contributed by atoms with Gasteiger partial charge >= 0.3 is 0 Å². The number of Topliss-reactive ketones (excluding diaryl/α,β-unsaturated/α-hetero) is 2. The summed E-state index contributed by atoms with van der Waals surface area (Å²) in [5.41, 5.74) is 0.493. The first-order valence-electron chi connectivity index (χ1n) is 9.91. The molecule has 0 unspecified atom stereocenters. The molecule has 0 radical (unpaired) electrons. The van der Waals surface area contributed by atoms with E-state index >= 15 is 0 Å².